The molecular formula is C18H20N6O4. The van der Waals surface area contributed by atoms with E-state index >= 15 is 0 Å². The molecule has 146 valence electrons. The molecule has 2 aliphatic rings. The third-order valence-corrected chi connectivity index (χ3v) is 5.14. The number of nitrogens with zero attached hydrogens (tertiary/aromatic N) is 5. The molecule has 2 fully saturated rings. The van der Waals surface area contributed by atoms with Crippen molar-refractivity contribution in [1.29, 1.82) is 0 Å². The van der Waals surface area contributed by atoms with Crippen LogP contribution >= 0.6 is 0 Å². The van der Waals surface area contributed by atoms with Crippen LogP contribution in [0.4, 0.5) is 4.79 Å². The monoisotopic (exact) mass is 384 g/mol. The largest absolute Gasteiger partial charge is 0.457 e. The Kier molecular flexibility index (Phi) is 4.76. The van der Waals surface area contributed by atoms with Gasteiger partial charge in [0.25, 0.3) is 5.91 Å². The van der Waals surface area contributed by atoms with Gasteiger partial charge in [-0.15, -0.1) is 5.10 Å². The lowest BCUT2D eigenvalue weighted by atomic mass is 9.98. The van der Waals surface area contributed by atoms with E-state index in [0.717, 1.165) is 23.4 Å². The van der Waals surface area contributed by atoms with Crippen LogP contribution in [0.3, 0.4) is 0 Å². The highest BCUT2D eigenvalue weighted by molar-refractivity contribution is 6.07. The van der Waals surface area contributed by atoms with Crippen molar-refractivity contribution in [2.24, 2.45) is 0 Å². The zero-order valence-electron chi connectivity index (χ0n) is 15.2. The maximum absolute atomic E-state index is 12.6. The lowest BCUT2D eigenvalue weighted by molar-refractivity contribution is -0.145. The predicted molar refractivity (Wildman–Crippen MR) is 95.0 cm³/mol. The normalized spacial score (nSPS) is 17.9. The highest BCUT2D eigenvalue weighted by Gasteiger charge is 2.52. The number of para-hydroxylation sites is 1. The van der Waals surface area contributed by atoms with Gasteiger partial charge < -0.3 is 10.1 Å². The SMILES string of the molecule is O=C(CCN1C(=O)NC2(CCCC2)C1=O)OCc1nnnn1-c1ccccc1. The van der Waals surface area contributed by atoms with Crippen LogP contribution in [0, 0.1) is 0 Å². The number of nitrogens with one attached hydrogen (secondary N) is 1. The Morgan fingerprint density at radius 3 is 2.68 bits per heavy atom. The van der Waals surface area contributed by atoms with Crippen LogP contribution in [0.15, 0.2) is 30.3 Å². The van der Waals surface area contributed by atoms with E-state index < -0.39 is 17.5 Å². The molecule has 0 radical (unpaired) electrons. The van der Waals surface area contributed by atoms with Crippen molar-refractivity contribution in [2.45, 2.75) is 44.2 Å². The standard InChI is InChI=1S/C18H20N6O4/c25-15(8-11-23-16(26)18(19-17(23)27)9-4-5-10-18)28-12-14-20-21-22-24(14)13-6-2-1-3-7-13/h1-3,6-7H,4-5,8-12H2,(H,19,27). The summed E-state index contributed by atoms with van der Waals surface area (Å²) in [4.78, 5) is 37.9. The first kappa shape index (κ1) is 18.1. The van der Waals surface area contributed by atoms with Crippen LogP contribution in [0.2, 0.25) is 0 Å². The molecular weight excluding hydrogens is 364 g/mol. The summed E-state index contributed by atoms with van der Waals surface area (Å²) in [7, 11) is 0. The number of hydrogen-bond donors (Lipinski definition) is 1. The predicted octanol–water partition coefficient (Wildman–Crippen LogP) is 0.960. The van der Waals surface area contributed by atoms with E-state index in [9.17, 15) is 14.4 Å². The number of tetrazole rings is 1. The molecule has 1 spiro atoms. The number of carbonyl (C=O) groups excluding carboxylic acids is 3. The lowest BCUT2D eigenvalue weighted by Crippen LogP contribution is -2.44. The van der Waals surface area contributed by atoms with Gasteiger partial charge in [0, 0.05) is 6.54 Å². The van der Waals surface area contributed by atoms with E-state index in [4.69, 9.17) is 4.74 Å². The zero-order valence-corrected chi connectivity index (χ0v) is 15.2. The lowest BCUT2D eigenvalue weighted by Gasteiger charge is -2.19. The summed E-state index contributed by atoms with van der Waals surface area (Å²) in [6, 6.07) is 8.80. The average Bonchev–Trinajstić information content (AvgIpc) is 3.41. The second-order valence-electron chi connectivity index (χ2n) is 6.93. The minimum atomic E-state index is -0.765. The molecule has 1 aromatic carbocycles. The number of carbonyl (C=O) groups is 3. The molecule has 1 aromatic heterocycles. The Balaban J connectivity index is 1.31. The third-order valence-electron chi connectivity index (χ3n) is 5.14. The fourth-order valence-corrected chi connectivity index (χ4v) is 3.68. The maximum atomic E-state index is 12.6. The number of benzene rings is 1. The van der Waals surface area contributed by atoms with Crippen LogP contribution in [0.25, 0.3) is 5.69 Å². The third kappa shape index (κ3) is 3.32. The Bertz CT molecular complexity index is 890. The van der Waals surface area contributed by atoms with Crippen LogP contribution in [0.1, 0.15) is 37.9 Å². The zero-order chi connectivity index (χ0) is 19.6. The smallest absolute Gasteiger partial charge is 0.325 e. The second kappa shape index (κ2) is 7.37. The number of aromatic nitrogens is 4. The van der Waals surface area contributed by atoms with Crippen LogP contribution in [-0.2, 0) is 20.9 Å². The average molecular weight is 384 g/mol. The van der Waals surface area contributed by atoms with Crippen LogP contribution in [-0.4, -0.2) is 55.1 Å². The van der Waals surface area contributed by atoms with Crippen molar-refractivity contribution >= 4 is 17.9 Å². The molecule has 1 aliphatic carbocycles. The molecule has 28 heavy (non-hydrogen) atoms. The summed E-state index contributed by atoms with van der Waals surface area (Å²) >= 11 is 0. The van der Waals surface area contributed by atoms with E-state index in [1.807, 2.05) is 30.3 Å². The molecule has 3 amide bonds. The molecule has 2 aromatic rings. The summed E-state index contributed by atoms with van der Waals surface area (Å²) in [5.74, 6) is -0.397. The fourth-order valence-electron chi connectivity index (χ4n) is 3.68. The van der Waals surface area contributed by atoms with Gasteiger partial charge in [0.2, 0.25) is 0 Å². The first-order valence-corrected chi connectivity index (χ1v) is 9.21. The molecule has 0 atom stereocenters. The van der Waals surface area contributed by atoms with Crippen molar-refractivity contribution in [2.75, 3.05) is 6.54 Å². The van der Waals surface area contributed by atoms with Crippen molar-refractivity contribution < 1.29 is 19.1 Å². The number of amides is 3. The minimum absolute atomic E-state index is 0.00508. The van der Waals surface area contributed by atoms with Gasteiger partial charge in [-0.3, -0.25) is 14.5 Å². The van der Waals surface area contributed by atoms with E-state index in [1.165, 1.54) is 4.68 Å². The summed E-state index contributed by atoms with van der Waals surface area (Å²) in [5, 5.41) is 14.2. The highest BCUT2D eigenvalue weighted by Crippen LogP contribution is 2.35. The Labute approximate surface area is 160 Å². The maximum Gasteiger partial charge on any atom is 0.325 e. The minimum Gasteiger partial charge on any atom is -0.457 e. The van der Waals surface area contributed by atoms with Crippen molar-refractivity contribution in [3.63, 3.8) is 0 Å². The van der Waals surface area contributed by atoms with Gasteiger partial charge in [0.05, 0.1) is 12.1 Å². The van der Waals surface area contributed by atoms with Gasteiger partial charge in [-0.1, -0.05) is 31.0 Å². The molecule has 0 unspecified atom stereocenters. The first-order chi connectivity index (χ1) is 13.6. The van der Waals surface area contributed by atoms with Gasteiger partial charge in [-0.05, 0) is 35.4 Å². The summed E-state index contributed by atoms with van der Waals surface area (Å²) < 4.78 is 6.70. The number of imide groups is 1. The molecule has 10 nitrogen and oxygen atoms in total. The van der Waals surface area contributed by atoms with Gasteiger partial charge in [-0.25, -0.2) is 4.79 Å². The molecule has 0 bridgehead atoms. The van der Waals surface area contributed by atoms with Crippen molar-refractivity contribution in [3.05, 3.63) is 36.2 Å². The molecule has 10 heteroatoms. The van der Waals surface area contributed by atoms with Crippen molar-refractivity contribution in [3.8, 4) is 5.69 Å². The first-order valence-electron chi connectivity index (χ1n) is 9.21. The number of hydrogen-bond acceptors (Lipinski definition) is 7. The Morgan fingerprint density at radius 1 is 1.18 bits per heavy atom. The summed E-state index contributed by atoms with van der Waals surface area (Å²) in [5.41, 5.74) is -0.0154. The molecule has 1 aliphatic heterocycles. The quantitative estimate of drug-likeness (QED) is 0.582. The second-order valence-corrected chi connectivity index (χ2v) is 6.93. The van der Waals surface area contributed by atoms with E-state index in [-0.39, 0.29) is 25.5 Å². The molecule has 4 rings (SSSR count). The summed E-state index contributed by atoms with van der Waals surface area (Å²) in [6.45, 7) is -0.111. The van der Waals surface area contributed by atoms with Gasteiger partial charge in [0.1, 0.15) is 5.54 Å². The van der Waals surface area contributed by atoms with Crippen LogP contribution in [0.5, 0.6) is 0 Å². The van der Waals surface area contributed by atoms with Crippen LogP contribution < -0.4 is 5.32 Å². The molecule has 1 saturated heterocycles. The van der Waals surface area contributed by atoms with E-state index in [2.05, 4.69) is 20.8 Å². The van der Waals surface area contributed by atoms with Gasteiger partial charge >= 0.3 is 12.0 Å². The molecule has 1 saturated carbocycles. The Hall–Kier alpha value is -3.30. The Morgan fingerprint density at radius 2 is 1.93 bits per heavy atom. The fraction of sp³-hybridized carbons (Fsp3) is 0.444. The topological polar surface area (TPSA) is 119 Å². The molecule has 2 heterocycles. The number of rotatable bonds is 6. The van der Waals surface area contributed by atoms with E-state index in [0.29, 0.717) is 18.7 Å². The highest BCUT2D eigenvalue weighted by atomic mass is 16.5. The van der Waals surface area contributed by atoms with Gasteiger partial charge in [-0.2, -0.15) is 4.68 Å². The summed E-state index contributed by atoms with van der Waals surface area (Å²) in [6.07, 6.45) is 3.06. The number of urea groups is 1. The molecule has 1 N–H and O–H groups in total. The van der Waals surface area contributed by atoms with E-state index in [1.54, 1.807) is 0 Å². The van der Waals surface area contributed by atoms with Crippen molar-refractivity contribution in [1.82, 2.24) is 30.4 Å². The van der Waals surface area contributed by atoms with Gasteiger partial charge in [0.15, 0.2) is 12.4 Å². The number of esters is 1. The number of ether oxygens (including phenoxy) is 1.